The fourth-order valence-corrected chi connectivity index (χ4v) is 2.49. The Morgan fingerprint density at radius 2 is 1.65 bits per heavy atom. The molecule has 9 nitrogen and oxygen atoms in total. The highest BCUT2D eigenvalue weighted by Crippen LogP contribution is 2.29. The van der Waals surface area contributed by atoms with Crippen LogP contribution in [0.3, 0.4) is 0 Å². The van der Waals surface area contributed by atoms with Crippen LogP contribution in [0.2, 0.25) is 0 Å². The molecule has 134 valence electrons. The number of rotatable bonds is 7. The maximum Gasteiger partial charge on any atom is 0.303 e. The molecule has 1 aliphatic heterocycles. The van der Waals surface area contributed by atoms with Gasteiger partial charge in [-0.25, -0.2) is 0 Å². The molecule has 0 radical (unpaired) electrons. The summed E-state index contributed by atoms with van der Waals surface area (Å²) < 4.78 is 31.4. The van der Waals surface area contributed by atoms with E-state index in [2.05, 4.69) is 0 Å². The zero-order chi connectivity index (χ0) is 17.6. The monoisotopic (exact) mass is 336 g/mol. The van der Waals surface area contributed by atoms with Crippen LogP contribution in [0.15, 0.2) is 0 Å². The van der Waals surface area contributed by atoms with Crippen molar-refractivity contribution in [2.24, 2.45) is 0 Å². The molecule has 9 heteroatoms. The Balaban J connectivity index is 3.00. The normalized spacial score (nSPS) is 32.2. The molecule has 1 rings (SSSR count). The largest absolute Gasteiger partial charge is 0.463 e. The van der Waals surface area contributed by atoms with Gasteiger partial charge in [0, 0.05) is 35.2 Å². The average molecular weight is 336 g/mol. The zero-order valence-electron chi connectivity index (χ0n) is 13.9. The molecule has 0 bridgehead atoms. The summed E-state index contributed by atoms with van der Waals surface area (Å²) in [4.78, 5) is 22.3. The van der Waals surface area contributed by atoms with E-state index in [9.17, 15) is 14.7 Å². The van der Waals surface area contributed by atoms with Gasteiger partial charge < -0.3 is 33.5 Å². The third-order valence-electron chi connectivity index (χ3n) is 3.52. The zero-order valence-corrected chi connectivity index (χ0v) is 13.9. The quantitative estimate of drug-likeness (QED) is 0.600. The molecule has 0 aromatic carbocycles. The summed E-state index contributed by atoms with van der Waals surface area (Å²) in [5.41, 5.74) is 0. The van der Waals surface area contributed by atoms with Gasteiger partial charge >= 0.3 is 11.9 Å². The highest BCUT2D eigenvalue weighted by Gasteiger charge is 2.51. The standard InChI is InChI=1S/C14H24O9/c1-7(15)21-6-9(18-3)10-11(19-4)12(22-8(2)16)13(20-5)14(17)23-10/h9-14,17H,6H2,1-5H3/t9-,10+,11+,12-,13-,14?/m0/s1. The minimum Gasteiger partial charge on any atom is -0.463 e. The Kier molecular flexibility index (Phi) is 7.86. The summed E-state index contributed by atoms with van der Waals surface area (Å²) in [7, 11) is 4.16. The van der Waals surface area contributed by atoms with Crippen molar-refractivity contribution < 1.29 is 43.1 Å². The van der Waals surface area contributed by atoms with Crippen LogP contribution in [-0.2, 0) is 38.0 Å². The van der Waals surface area contributed by atoms with Gasteiger partial charge in [0.2, 0.25) is 0 Å². The smallest absolute Gasteiger partial charge is 0.303 e. The predicted molar refractivity (Wildman–Crippen MR) is 75.5 cm³/mol. The fraction of sp³-hybridized carbons (Fsp3) is 0.857. The Hall–Kier alpha value is -1.26. The van der Waals surface area contributed by atoms with Crippen LogP contribution in [-0.4, -0.2) is 81.8 Å². The van der Waals surface area contributed by atoms with Gasteiger partial charge in [0.1, 0.15) is 31.0 Å². The number of methoxy groups -OCH3 is 3. The van der Waals surface area contributed by atoms with Gasteiger partial charge in [-0.15, -0.1) is 0 Å². The topological polar surface area (TPSA) is 110 Å². The molecule has 1 unspecified atom stereocenters. The third kappa shape index (κ3) is 5.11. The van der Waals surface area contributed by atoms with Gasteiger partial charge in [-0.1, -0.05) is 0 Å². The van der Waals surface area contributed by atoms with Crippen molar-refractivity contribution in [3.8, 4) is 0 Å². The highest BCUT2D eigenvalue weighted by molar-refractivity contribution is 5.66. The summed E-state index contributed by atoms with van der Waals surface area (Å²) >= 11 is 0. The van der Waals surface area contributed by atoms with E-state index in [-0.39, 0.29) is 6.61 Å². The highest BCUT2D eigenvalue weighted by atomic mass is 16.7. The molecule has 0 aliphatic carbocycles. The second-order valence-electron chi connectivity index (χ2n) is 5.04. The molecule has 1 N–H and O–H groups in total. The molecule has 0 aromatic heterocycles. The molecular formula is C14H24O9. The summed E-state index contributed by atoms with van der Waals surface area (Å²) in [5.74, 6) is -1.04. The van der Waals surface area contributed by atoms with Gasteiger partial charge in [0.05, 0.1) is 0 Å². The van der Waals surface area contributed by atoms with E-state index in [1.165, 1.54) is 35.2 Å². The Labute approximate surface area is 134 Å². The van der Waals surface area contributed by atoms with Gasteiger partial charge in [0.15, 0.2) is 12.4 Å². The molecule has 1 aliphatic rings. The van der Waals surface area contributed by atoms with E-state index in [0.29, 0.717) is 0 Å². The summed E-state index contributed by atoms with van der Waals surface area (Å²) in [6.45, 7) is 2.40. The Morgan fingerprint density at radius 1 is 1.04 bits per heavy atom. The minimum absolute atomic E-state index is 0.104. The van der Waals surface area contributed by atoms with E-state index < -0.39 is 48.7 Å². The Morgan fingerprint density at radius 3 is 2.09 bits per heavy atom. The lowest BCUT2D eigenvalue weighted by Gasteiger charge is -2.44. The lowest BCUT2D eigenvalue weighted by molar-refractivity contribution is -0.310. The fourth-order valence-electron chi connectivity index (χ4n) is 2.49. The molecule has 23 heavy (non-hydrogen) atoms. The summed E-state index contributed by atoms with van der Waals surface area (Å²) in [6.07, 6.45) is -5.55. The minimum atomic E-state index is -1.37. The average Bonchev–Trinajstić information content (AvgIpc) is 2.47. The molecule has 1 fully saturated rings. The van der Waals surface area contributed by atoms with E-state index in [4.69, 9.17) is 28.4 Å². The van der Waals surface area contributed by atoms with Crippen molar-refractivity contribution in [3.63, 3.8) is 0 Å². The molecule has 1 heterocycles. The first-order valence-electron chi connectivity index (χ1n) is 7.08. The van der Waals surface area contributed by atoms with Crippen molar-refractivity contribution >= 4 is 11.9 Å². The number of aliphatic hydroxyl groups is 1. The number of carbonyl (C=O) groups excluding carboxylic acids is 2. The first-order chi connectivity index (χ1) is 10.8. The first-order valence-corrected chi connectivity index (χ1v) is 7.08. The van der Waals surface area contributed by atoms with Gasteiger partial charge in [0.25, 0.3) is 0 Å². The van der Waals surface area contributed by atoms with Crippen LogP contribution < -0.4 is 0 Å². The van der Waals surface area contributed by atoms with Gasteiger partial charge in [-0.2, -0.15) is 0 Å². The molecule has 0 saturated carbocycles. The lowest BCUT2D eigenvalue weighted by Crippen LogP contribution is -2.63. The van der Waals surface area contributed by atoms with Crippen LogP contribution in [0.5, 0.6) is 0 Å². The number of carbonyl (C=O) groups is 2. The number of aliphatic hydroxyl groups excluding tert-OH is 1. The van der Waals surface area contributed by atoms with Crippen molar-refractivity contribution in [2.75, 3.05) is 27.9 Å². The van der Waals surface area contributed by atoms with Crippen molar-refractivity contribution in [2.45, 2.75) is 50.7 Å². The van der Waals surface area contributed by atoms with Crippen molar-refractivity contribution in [1.82, 2.24) is 0 Å². The van der Waals surface area contributed by atoms with Gasteiger partial charge in [-0.05, 0) is 0 Å². The van der Waals surface area contributed by atoms with Gasteiger partial charge in [-0.3, -0.25) is 9.59 Å². The number of hydrogen-bond donors (Lipinski definition) is 1. The molecule has 1 saturated heterocycles. The third-order valence-corrected chi connectivity index (χ3v) is 3.52. The van der Waals surface area contributed by atoms with Crippen molar-refractivity contribution in [3.05, 3.63) is 0 Å². The van der Waals surface area contributed by atoms with Crippen LogP contribution in [0.4, 0.5) is 0 Å². The predicted octanol–water partition coefficient (Wildman–Crippen LogP) is -0.757. The SMILES string of the molecule is CO[C@@H]1[C@@H]([C@H](COC(C)=O)OC)OC(O)[C@@H](OC)[C@H]1OC(C)=O. The van der Waals surface area contributed by atoms with Crippen molar-refractivity contribution in [1.29, 1.82) is 0 Å². The summed E-state index contributed by atoms with van der Waals surface area (Å²) in [6, 6.07) is 0. The molecule has 0 amide bonds. The van der Waals surface area contributed by atoms with Crippen LogP contribution in [0.1, 0.15) is 13.8 Å². The summed E-state index contributed by atoms with van der Waals surface area (Å²) in [5, 5.41) is 10.1. The van der Waals surface area contributed by atoms with E-state index in [1.54, 1.807) is 0 Å². The van der Waals surface area contributed by atoms with Crippen LogP contribution in [0, 0.1) is 0 Å². The molecule has 6 atom stereocenters. The molecule has 0 spiro atoms. The number of hydrogen-bond acceptors (Lipinski definition) is 9. The van der Waals surface area contributed by atoms with Crippen LogP contribution >= 0.6 is 0 Å². The molecule has 0 aromatic rings. The Bertz CT molecular complexity index is 400. The number of ether oxygens (including phenoxy) is 6. The number of esters is 2. The van der Waals surface area contributed by atoms with E-state index in [1.807, 2.05) is 0 Å². The second-order valence-corrected chi connectivity index (χ2v) is 5.04. The molecular weight excluding hydrogens is 312 g/mol. The maximum atomic E-state index is 11.3. The van der Waals surface area contributed by atoms with E-state index >= 15 is 0 Å². The maximum absolute atomic E-state index is 11.3. The second kappa shape index (κ2) is 9.14. The lowest BCUT2D eigenvalue weighted by atomic mass is 9.94. The first kappa shape index (κ1) is 19.8. The van der Waals surface area contributed by atoms with E-state index in [0.717, 1.165) is 0 Å². The van der Waals surface area contributed by atoms with Crippen LogP contribution in [0.25, 0.3) is 0 Å².